The minimum atomic E-state index is -0.218. The van der Waals surface area contributed by atoms with Gasteiger partial charge in [0.15, 0.2) is 5.11 Å². The van der Waals surface area contributed by atoms with E-state index >= 15 is 0 Å². The summed E-state index contributed by atoms with van der Waals surface area (Å²) in [6.07, 6.45) is 7.40. The molecule has 1 heterocycles. The van der Waals surface area contributed by atoms with Crippen LogP contribution in [0, 0.1) is 6.92 Å². The number of anilines is 1. The lowest BCUT2D eigenvalue weighted by Crippen LogP contribution is -2.34. The number of hydrogen-bond donors (Lipinski definition) is 2. The molecular formula is C21H27N3OS. The summed E-state index contributed by atoms with van der Waals surface area (Å²) < 4.78 is 0. The number of carbonyl (C=O) groups is 1. The molecule has 138 valence electrons. The third-order valence-corrected chi connectivity index (χ3v) is 4.35. The standard InChI is InChI=1S/C21H27N3OS/c1-3-4-5-6-7-10-17-12-14-18(15-13-17)20(25)24-21(26)23-19-11-8-9-16(2)22-19/h8-9,11-15H,3-7,10H2,1-2H3,(H2,22,23,24,25,26). The Morgan fingerprint density at radius 3 is 2.46 bits per heavy atom. The average Bonchev–Trinajstić information content (AvgIpc) is 2.62. The van der Waals surface area contributed by atoms with Crippen LogP contribution in [0.15, 0.2) is 42.5 Å². The van der Waals surface area contributed by atoms with Crippen LogP contribution in [0.4, 0.5) is 5.82 Å². The fourth-order valence-corrected chi connectivity index (χ4v) is 2.89. The van der Waals surface area contributed by atoms with Gasteiger partial charge < -0.3 is 5.32 Å². The Morgan fingerprint density at radius 1 is 1.04 bits per heavy atom. The number of aromatic nitrogens is 1. The number of nitrogens with zero attached hydrogens (tertiary/aromatic N) is 1. The molecule has 0 unspecified atom stereocenters. The lowest BCUT2D eigenvalue weighted by Gasteiger charge is -2.10. The van der Waals surface area contributed by atoms with E-state index in [2.05, 4.69) is 22.5 Å². The highest BCUT2D eigenvalue weighted by Crippen LogP contribution is 2.11. The zero-order chi connectivity index (χ0) is 18.8. The second-order valence-corrected chi connectivity index (χ2v) is 6.84. The van der Waals surface area contributed by atoms with Gasteiger partial charge in [-0.05, 0) is 61.8 Å². The number of rotatable bonds is 8. The predicted molar refractivity (Wildman–Crippen MR) is 112 cm³/mol. The molecule has 0 saturated carbocycles. The fourth-order valence-electron chi connectivity index (χ4n) is 2.69. The van der Waals surface area contributed by atoms with Crippen molar-refractivity contribution >= 4 is 29.1 Å². The summed E-state index contributed by atoms with van der Waals surface area (Å²) >= 11 is 5.19. The van der Waals surface area contributed by atoms with Crippen molar-refractivity contribution in [1.29, 1.82) is 0 Å². The Bertz CT molecular complexity index is 728. The molecule has 0 saturated heterocycles. The first kappa shape index (κ1) is 20.0. The fraction of sp³-hybridized carbons (Fsp3) is 0.381. The van der Waals surface area contributed by atoms with Crippen LogP contribution in [0.3, 0.4) is 0 Å². The van der Waals surface area contributed by atoms with E-state index in [1.54, 1.807) is 6.07 Å². The minimum absolute atomic E-state index is 0.218. The van der Waals surface area contributed by atoms with Crippen molar-refractivity contribution in [3.8, 4) is 0 Å². The van der Waals surface area contributed by atoms with Gasteiger partial charge in [0.1, 0.15) is 5.82 Å². The van der Waals surface area contributed by atoms with Gasteiger partial charge in [0.25, 0.3) is 5.91 Å². The maximum Gasteiger partial charge on any atom is 0.257 e. The van der Waals surface area contributed by atoms with Crippen LogP contribution in [0.25, 0.3) is 0 Å². The highest BCUT2D eigenvalue weighted by molar-refractivity contribution is 7.80. The van der Waals surface area contributed by atoms with Gasteiger partial charge in [-0.25, -0.2) is 4.98 Å². The first-order valence-electron chi connectivity index (χ1n) is 9.23. The van der Waals surface area contributed by atoms with E-state index < -0.39 is 0 Å². The molecule has 0 aliphatic rings. The van der Waals surface area contributed by atoms with Crippen molar-refractivity contribution in [2.24, 2.45) is 0 Å². The summed E-state index contributed by atoms with van der Waals surface area (Å²) in [4.78, 5) is 16.6. The SMILES string of the molecule is CCCCCCCc1ccc(C(=O)NC(=S)Nc2cccc(C)n2)cc1. The number of nitrogens with one attached hydrogen (secondary N) is 2. The van der Waals surface area contributed by atoms with Crippen LogP contribution in [-0.4, -0.2) is 16.0 Å². The van der Waals surface area contributed by atoms with Crippen molar-refractivity contribution < 1.29 is 4.79 Å². The average molecular weight is 370 g/mol. The van der Waals surface area contributed by atoms with E-state index in [1.807, 2.05) is 43.3 Å². The highest BCUT2D eigenvalue weighted by atomic mass is 32.1. The number of pyridine rings is 1. The molecule has 2 rings (SSSR count). The van der Waals surface area contributed by atoms with Crippen LogP contribution >= 0.6 is 12.2 Å². The Labute approximate surface area is 161 Å². The minimum Gasteiger partial charge on any atom is -0.317 e. The number of carbonyl (C=O) groups excluding carboxylic acids is 1. The smallest absolute Gasteiger partial charge is 0.257 e. The van der Waals surface area contributed by atoms with Crippen LogP contribution in [0.1, 0.15) is 60.6 Å². The Kier molecular flexibility index (Phi) is 8.22. The summed E-state index contributed by atoms with van der Waals surface area (Å²) in [5, 5.41) is 5.86. The number of thiocarbonyl (C=S) groups is 1. The second kappa shape index (κ2) is 10.7. The molecule has 1 aromatic heterocycles. The number of unbranched alkanes of at least 4 members (excludes halogenated alkanes) is 4. The highest BCUT2D eigenvalue weighted by Gasteiger charge is 2.08. The summed E-state index contributed by atoms with van der Waals surface area (Å²) in [5.41, 5.74) is 2.75. The van der Waals surface area contributed by atoms with E-state index in [9.17, 15) is 4.79 Å². The van der Waals surface area contributed by atoms with Crippen LogP contribution in [0.5, 0.6) is 0 Å². The molecular weight excluding hydrogens is 342 g/mol. The number of hydrogen-bond acceptors (Lipinski definition) is 3. The molecule has 1 amide bonds. The monoisotopic (exact) mass is 369 g/mol. The molecule has 0 fully saturated rings. The Balaban J connectivity index is 1.80. The molecule has 4 nitrogen and oxygen atoms in total. The van der Waals surface area contributed by atoms with Crippen molar-refractivity contribution in [2.75, 3.05) is 5.32 Å². The summed E-state index contributed by atoms with van der Waals surface area (Å²) in [7, 11) is 0. The number of aryl methyl sites for hydroxylation is 2. The van der Waals surface area contributed by atoms with Gasteiger partial charge in [-0.3, -0.25) is 10.1 Å². The zero-order valence-electron chi connectivity index (χ0n) is 15.5. The number of benzene rings is 1. The first-order valence-corrected chi connectivity index (χ1v) is 9.64. The Morgan fingerprint density at radius 2 is 1.77 bits per heavy atom. The van der Waals surface area contributed by atoms with Gasteiger partial charge in [0.2, 0.25) is 0 Å². The molecule has 2 N–H and O–H groups in total. The maximum atomic E-state index is 12.3. The maximum absolute atomic E-state index is 12.3. The van der Waals surface area contributed by atoms with Gasteiger partial charge in [0, 0.05) is 11.3 Å². The molecule has 0 atom stereocenters. The van der Waals surface area contributed by atoms with Crippen molar-refractivity contribution in [1.82, 2.24) is 10.3 Å². The zero-order valence-corrected chi connectivity index (χ0v) is 16.4. The molecule has 0 aliphatic heterocycles. The molecule has 0 bridgehead atoms. The number of amides is 1. The second-order valence-electron chi connectivity index (χ2n) is 6.43. The van der Waals surface area contributed by atoms with Crippen molar-refractivity contribution in [3.63, 3.8) is 0 Å². The van der Waals surface area contributed by atoms with Crippen LogP contribution < -0.4 is 10.6 Å². The summed E-state index contributed by atoms with van der Waals surface area (Å²) in [6, 6.07) is 13.3. The molecule has 26 heavy (non-hydrogen) atoms. The third-order valence-electron chi connectivity index (χ3n) is 4.14. The predicted octanol–water partition coefficient (Wildman–Crippen LogP) is 5.03. The van der Waals surface area contributed by atoms with Gasteiger partial charge in [-0.2, -0.15) is 0 Å². The van der Waals surface area contributed by atoms with E-state index in [4.69, 9.17) is 12.2 Å². The molecule has 0 spiro atoms. The third kappa shape index (κ3) is 6.92. The molecule has 0 radical (unpaired) electrons. The molecule has 0 aliphatic carbocycles. The van der Waals surface area contributed by atoms with E-state index in [1.165, 1.54) is 37.7 Å². The largest absolute Gasteiger partial charge is 0.317 e. The first-order chi connectivity index (χ1) is 12.6. The van der Waals surface area contributed by atoms with Gasteiger partial charge >= 0.3 is 0 Å². The topological polar surface area (TPSA) is 54.0 Å². The normalized spacial score (nSPS) is 10.4. The van der Waals surface area contributed by atoms with Crippen molar-refractivity contribution in [3.05, 3.63) is 59.3 Å². The van der Waals surface area contributed by atoms with Crippen molar-refractivity contribution in [2.45, 2.75) is 52.4 Å². The molecule has 2 aromatic rings. The molecule has 5 heteroatoms. The lowest BCUT2D eigenvalue weighted by molar-refractivity contribution is 0.0977. The van der Waals surface area contributed by atoms with Gasteiger partial charge in [-0.1, -0.05) is 50.8 Å². The van der Waals surface area contributed by atoms with E-state index in [0.29, 0.717) is 11.4 Å². The summed E-state index contributed by atoms with van der Waals surface area (Å²) in [5.74, 6) is 0.401. The Hall–Kier alpha value is -2.27. The quantitative estimate of drug-likeness (QED) is 0.506. The molecule has 1 aromatic carbocycles. The van der Waals surface area contributed by atoms with Crippen LogP contribution in [-0.2, 0) is 6.42 Å². The van der Waals surface area contributed by atoms with Gasteiger partial charge in [-0.15, -0.1) is 0 Å². The van der Waals surface area contributed by atoms with E-state index in [0.717, 1.165) is 12.1 Å². The van der Waals surface area contributed by atoms with Crippen LogP contribution in [0.2, 0.25) is 0 Å². The van der Waals surface area contributed by atoms with Gasteiger partial charge in [0.05, 0.1) is 0 Å². The van der Waals surface area contributed by atoms with E-state index in [-0.39, 0.29) is 11.0 Å². The lowest BCUT2D eigenvalue weighted by atomic mass is 10.0. The summed E-state index contributed by atoms with van der Waals surface area (Å²) in [6.45, 7) is 4.13.